The van der Waals surface area contributed by atoms with Gasteiger partial charge in [-0.05, 0) is 49.4 Å². The van der Waals surface area contributed by atoms with Gasteiger partial charge in [-0.25, -0.2) is 0 Å². The van der Waals surface area contributed by atoms with Crippen molar-refractivity contribution in [3.05, 3.63) is 64.7 Å². The van der Waals surface area contributed by atoms with Crippen LogP contribution in [0.3, 0.4) is 0 Å². The number of hydrogen-bond donors (Lipinski definition) is 0. The highest BCUT2D eigenvalue weighted by molar-refractivity contribution is 6.30. The Labute approximate surface area is 168 Å². The summed E-state index contributed by atoms with van der Waals surface area (Å²) in [6, 6.07) is 15.9. The number of benzene rings is 2. The van der Waals surface area contributed by atoms with Gasteiger partial charge in [0.25, 0.3) is 0 Å². The molecule has 0 N–H and O–H groups in total. The van der Waals surface area contributed by atoms with Crippen LogP contribution >= 0.6 is 11.6 Å². The van der Waals surface area contributed by atoms with Crippen LogP contribution < -0.4 is 4.74 Å². The maximum Gasteiger partial charge on any atom is 0.227 e. The van der Waals surface area contributed by atoms with E-state index in [-0.39, 0.29) is 5.91 Å². The second kappa shape index (κ2) is 11.7. The molecule has 1 amide bonds. The summed E-state index contributed by atoms with van der Waals surface area (Å²) in [5, 5.41) is 0.631. The van der Waals surface area contributed by atoms with Gasteiger partial charge >= 0.3 is 0 Å². The molecule has 0 radical (unpaired) electrons. The SMILES string of the molecule is CCCN(CCC)C(=O)Cc1cc(Cl)ccc1OCCCc1ccccc1. The normalized spacial score (nSPS) is 10.6. The molecular weight excluding hydrogens is 358 g/mol. The number of ether oxygens (including phenoxy) is 1. The second-order valence-corrected chi connectivity index (χ2v) is 7.18. The van der Waals surface area contributed by atoms with Crippen LogP contribution in [0.2, 0.25) is 5.02 Å². The average Bonchev–Trinajstić information content (AvgIpc) is 2.67. The molecule has 146 valence electrons. The number of nitrogens with zero attached hydrogens (tertiary/aromatic N) is 1. The Morgan fingerprint density at radius 2 is 1.74 bits per heavy atom. The van der Waals surface area contributed by atoms with E-state index in [1.807, 2.05) is 29.2 Å². The molecule has 0 saturated carbocycles. The van der Waals surface area contributed by atoms with Crippen molar-refractivity contribution >= 4 is 17.5 Å². The fourth-order valence-electron chi connectivity index (χ4n) is 3.11. The molecule has 2 rings (SSSR count). The van der Waals surface area contributed by atoms with Crippen molar-refractivity contribution in [3.8, 4) is 5.75 Å². The van der Waals surface area contributed by atoms with Crippen molar-refractivity contribution in [1.29, 1.82) is 0 Å². The lowest BCUT2D eigenvalue weighted by Gasteiger charge is -2.22. The molecule has 0 spiro atoms. The molecule has 0 heterocycles. The Morgan fingerprint density at radius 3 is 2.41 bits per heavy atom. The molecule has 2 aromatic carbocycles. The highest BCUT2D eigenvalue weighted by Crippen LogP contribution is 2.24. The first-order valence-corrected chi connectivity index (χ1v) is 10.2. The zero-order chi connectivity index (χ0) is 19.5. The minimum absolute atomic E-state index is 0.134. The zero-order valence-corrected chi connectivity index (χ0v) is 17.2. The van der Waals surface area contributed by atoms with Crippen LogP contribution in [0, 0.1) is 0 Å². The molecule has 0 bridgehead atoms. The number of amides is 1. The number of halogens is 1. The summed E-state index contributed by atoms with van der Waals surface area (Å²) in [5.41, 5.74) is 2.17. The van der Waals surface area contributed by atoms with E-state index in [1.54, 1.807) is 0 Å². The van der Waals surface area contributed by atoms with Gasteiger partial charge < -0.3 is 9.64 Å². The first-order chi connectivity index (χ1) is 13.1. The maximum absolute atomic E-state index is 12.7. The first kappa shape index (κ1) is 21.3. The smallest absolute Gasteiger partial charge is 0.227 e. The maximum atomic E-state index is 12.7. The largest absolute Gasteiger partial charge is 0.493 e. The number of aryl methyl sites for hydroxylation is 1. The fourth-order valence-corrected chi connectivity index (χ4v) is 3.30. The molecule has 0 aliphatic rings. The number of carbonyl (C=O) groups is 1. The predicted octanol–water partition coefficient (Wildman–Crippen LogP) is 5.54. The summed E-state index contributed by atoms with van der Waals surface area (Å²) < 4.78 is 5.99. The van der Waals surface area contributed by atoms with Gasteiger partial charge in [-0.1, -0.05) is 55.8 Å². The first-order valence-electron chi connectivity index (χ1n) is 9.87. The average molecular weight is 388 g/mol. The highest BCUT2D eigenvalue weighted by Gasteiger charge is 2.15. The molecule has 0 unspecified atom stereocenters. The molecule has 0 fully saturated rings. The van der Waals surface area contributed by atoms with E-state index in [2.05, 4.69) is 38.1 Å². The Morgan fingerprint density at radius 1 is 1.04 bits per heavy atom. The standard InChI is InChI=1S/C23H30ClNO2/c1-3-14-25(15-4-2)23(26)18-20-17-21(24)12-13-22(20)27-16-8-11-19-9-6-5-7-10-19/h5-7,9-10,12-13,17H,3-4,8,11,14-16,18H2,1-2H3. The molecular formula is C23H30ClNO2. The van der Waals surface area contributed by atoms with Crippen LogP contribution in [-0.4, -0.2) is 30.5 Å². The topological polar surface area (TPSA) is 29.5 Å². The van der Waals surface area contributed by atoms with E-state index < -0.39 is 0 Å². The lowest BCUT2D eigenvalue weighted by Crippen LogP contribution is -2.33. The van der Waals surface area contributed by atoms with Crippen LogP contribution in [0.4, 0.5) is 0 Å². The van der Waals surface area contributed by atoms with E-state index in [9.17, 15) is 4.79 Å². The van der Waals surface area contributed by atoms with Gasteiger partial charge in [0.2, 0.25) is 5.91 Å². The molecule has 27 heavy (non-hydrogen) atoms. The summed E-state index contributed by atoms with van der Waals surface area (Å²) in [4.78, 5) is 14.6. The third-order valence-electron chi connectivity index (χ3n) is 4.41. The summed E-state index contributed by atoms with van der Waals surface area (Å²) in [7, 11) is 0. The molecule has 4 heteroatoms. The van der Waals surface area contributed by atoms with Crippen molar-refractivity contribution < 1.29 is 9.53 Å². The van der Waals surface area contributed by atoms with E-state index in [1.165, 1.54) is 5.56 Å². The van der Waals surface area contributed by atoms with Crippen LogP contribution in [0.1, 0.15) is 44.2 Å². The van der Waals surface area contributed by atoms with E-state index >= 15 is 0 Å². The minimum atomic E-state index is 0.134. The van der Waals surface area contributed by atoms with Crippen molar-refractivity contribution in [1.82, 2.24) is 4.90 Å². The highest BCUT2D eigenvalue weighted by atomic mass is 35.5. The Bertz CT molecular complexity index is 697. The molecule has 0 aromatic heterocycles. The lowest BCUT2D eigenvalue weighted by molar-refractivity contribution is -0.130. The van der Waals surface area contributed by atoms with E-state index in [4.69, 9.17) is 16.3 Å². The molecule has 2 aromatic rings. The lowest BCUT2D eigenvalue weighted by atomic mass is 10.1. The summed E-state index contributed by atoms with van der Waals surface area (Å²) in [6.07, 6.45) is 4.16. The van der Waals surface area contributed by atoms with Gasteiger partial charge in [-0.15, -0.1) is 0 Å². The van der Waals surface area contributed by atoms with E-state index in [0.29, 0.717) is 18.1 Å². The summed E-state index contributed by atoms with van der Waals surface area (Å²) in [5.74, 6) is 0.892. The molecule has 0 aliphatic carbocycles. The van der Waals surface area contributed by atoms with Gasteiger partial charge in [-0.3, -0.25) is 4.79 Å². The van der Waals surface area contributed by atoms with Crippen LogP contribution in [0.5, 0.6) is 5.75 Å². The Hall–Kier alpha value is -2.00. The third-order valence-corrected chi connectivity index (χ3v) is 4.65. The van der Waals surface area contributed by atoms with Crippen molar-refractivity contribution in [2.24, 2.45) is 0 Å². The predicted molar refractivity (Wildman–Crippen MR) is 113 cm³/mol. The van der Waals surface area contributed by atoms with Crippen molar-refractivity contribution in [2.75, 3.05) is 19.7 Å². The second-order valence-electron chi connectivity index (χ2n) is 6.75. The number of carbonyl (C=O) groups excluding carboxylic acids is 1. The molecule has 0 atom stereocenters. The van der Waals surface area contributed by atoms with Gasteiger partial charge in [0.15, 0.2) is 0 Å². The van der Waals surface area contributed by atoms with Crippen molar-refractivity contribution in [3.63, 3.8) is 0 Å². The molecule has 3 nitrogen and oxygen atoms in total. The quantitative estimate of drug-likeness (QED) is 0.473. The zero-order valence-electron chi connectivity index (χ0n) is 16.4. The summed E-state index contributed by atoms with van der Waals surface area (Å²) in [6.45, 7) is 6.39. The van der Waals surface area contributed by atoms with E-state index in [0.717, 1.165) is 50.1 Å². The summed E-state index contributed by atoms with van der Waals surface area (Å²) >= 11 is 6.16. The minimum Gasteiger partial charge on any atom is -0.493 e. The van der Waals surface area contributed by atoms with Crippen LogP contribution in [0.15, 0.2) is 48.5 Å². The fraction of sp³-hybridized carbons (Fsp3) is 0.435. The van der Waals surface area contributed by atoms with Crippen molar-refractivity contribution in [2.45, 2.75) is 46.0 Å². The van der Waals surface area contributed by atoms with Gasteiger partial charge in [0.05, 0.1) is 13.0 Å². The van der Waals surface area contributed by atoms with Gasteiger partial charge in [0, 0.05) is 23.7 Å². The monoisotopic (exact) mass is 387 g/mol. The Kier molecular flexibility index (Phi) is 9.20. The van der Waals surface area contributed by atoms with Crippen LogP contribution in [-0.2, 0) is 17.6 Å². The van der Waals surface area contributed by atoms with Gasteiger partial charge in [0.1, 0.15) is 5.75 Å². The number of hydrogen-bond acceptors (Lipinski definition) is 2. The molecule has 0 saturated heterocycles. The molecule has 0 aliphatic heterocycles. The van der Waals surface area contributed by atoms with Gasteiger partial charge in [-0.2, -0.15) is 0 Å². The third kappa shape index (κ3) is 7.26. The van der Waals surface area contributed by atoms with Crippen LogP contribution in [0.25, 0.3) is 0 Å². The Balaban J connectivity index is 1.95. The number of rotatable bonds is 11.